The Labute approximate surface area is 199 Å². The monoisotopic (exact) mass is 459 g/mol. The van der Waals surface area contributed by atoms with Gasteiger partial charge in [-0.05, 0) is 52.9 Å². The molecule has 0 radical (unpaired) electrons. The number of nitrogens with zero attached hydrogens (tertiary/aromatic N) is 1. The van der Waals surface area contributed by atoms with Gasteiger partial charge in [-0.3, -0.25) is 0 Å². The van der Waals surface area contributed by atoms with Gasteiger partial charge in [-0.15, -0.1) is 0 Å². The molecule has 1 aliphatic heterocycles. The number of carbonyl (C=O) groups excluding carboxylic acids is 1. The van der Waals surface area contributed by atoms with Gasteiger partial charge in [0.1, 0.15) is 0 Å². The Kier molecular flexibility index (Phi) is 7.60. The molecule has 3 aromatic rings. The van der Waals surface area contributed by atoms with E-state index in [9.17, 15) is 14.7 Å². The quantitative estimate of drug-likeness (QED) is 0.375. The number of benzene rings is 3. The van der Waals surface area contributed by atoms with Crippen LogP contribution in [0.3, 0.4) is 0 Å². The second-order valence-corrected chi connectivity index (χ2v) is 8.41. The Morgan fingerprint density at radius 1 is 1.06 bits per heavy atom. The minimum absolute atomic E-state index is 0.0825. The zero-order chi connectivity index (χ0) is 23.9. The third-order valence-electron chi connectivity index (χ3n) is 6.17. The van der Waals surface area contributed by atoms with Gasteiger partial charge in [-0.2, -0.15) is 0 Å². The summed E-state index contributed by atoms with van der Waals surface area (Å²) in [6.07, 6.45) is 2.66. The van der Waals surface area contributed by atoms with Gasteiger partial charge >= 0.3 is 12.1 Å². The normalized spacial score (nSPS) is 18.3. The minimum Gasteiger partial charge on any atom is -0.465 e. The van der Waals surface area contributed by atoms with Gasteiger partial charge in [-0.25, -0.2) is 9.59 Å². The molecule has 4 rings (SSSR count). The Balaban J connectivity index is 1.48. The van der Waals surface area contributed by atoms with Crippen LogP contribution < -0.4 is 0 Å². The maximum atomic E-state index is 11.6. The van der Waals surface area contributed by atoms with Gasteiger partial charge in [0, 0.05) is 18.5 Å². The molecule has 0 aromatic heterocycles. The molecule has 1 N–H and O–H groups in total. The van der Waals surface area contributed by atoms with E-state index < -0.39 is 6.09 Å². The Morgan fingerprint density at radius 2 is 1.82 bits per heavy atom. The van der Waals surface area contributed by atoms with Crippen LogP contribution in [0.5, 0.6) is 0 Å². The van der Waals surface area contributed by atoms with Crippen molar-refractivity contribution in [3.8, 4) is 0 Å². The summed E-state index contributed by atoms with van der Waals surface area (Å²) in [6, 6.07) is 22.4. The van der Waals surface area contributed by atoms with Crippen molar-refractivity contribution < 1.29 is 24.2 Å². The molecule has 1 heterocycles. The average Bonchev–Trinajstić information content (AvgIpc) is 2.86. The van der Waals surface area contributed by atoms with Gasteiger partial charge in [0.25, 0.3) is 0 Å². The largest absolute Gasteiger partial charge is 0.465 e. The van der Waals surface area contributed by atoms with Gasteiger partial charge in [-0.1, -0.05) is 60.7 Å². The number of likely N-dealkylation sites (tertiary alicyclic amines) is 1. The maximum Gasteiger partial charge on any atom is 0.407 e. The van der Waals surface area contributed by atoms with Crippen LogP contribution in [0, 0.1) is 0 Å². The van der Waals surface area contributed by atoms with E-state index in [1.54, 1.807) is 13.0 Å². The summed E-state index contributed by atoms with van der Waals surface area (Å²) in [5.74, 6) is -0.283. The third-order valence-corrected chi connectivity index (χ3v) is 6.17. The van der Waals surface area contributed by atoms with Gasteiger partial charge in [0.05, 0.1) is 25.9 Å². The molecular formula is C28H29NO5. The van der Waals surface area contributed by atoms with Crippen molar-refractivity contribution in [1.29, 1.82) is 0 Å². The Hall–Kier alpha value is -3.64. The molecule has 0 bridgehead atoms. The van der Waals surface area contributed by atoms with Crippen molar-refractivity contribution in [2.45, 2.75) is 32.0 Å². The van der Waals surface area contributed by atoms with E-state index in [2.05, 4.69) is 30.3 Å². The van der Waals surface area contributed by atoms with Gasteiger partial charge in [0.15, 0.2) is 0 Å². The topological polar surface area (TPSA) is 76.1 Å². The molecule has 1 aliphatic rings. The van der Waals surface area contributed by atoms with Crippen LogP contribution in [-0.2, 0) is 20.9 Å². The molecule has 0 spiro atoms. The molecule has 1 saturated heterocycles. The molecule has 1 amide bonds. The van der Waals surface area contributed by atoms with Crippen molar-refractivity contribution in [2.75, 3.05) is 19.7 Å². The van der Waals surface area contributed by atoms with Crippen LogP contribution in [-0.4, -0.2) is 47.9 Å². The van der Waals surface area contributed by atoms with Crippen LogP contribution >= 0.6 is 0 Å². The zero-order valence-corrected chi connectivity index (χ0v) is 19.2. The number of fused-ring (bicyclic) bond motifs is 1. The molecule has 3 aromatic carbocycles. The van der Waals surface area contributed by atoms with Crippen LogP contribution in [0.2, 0.25) is 0 Å². The summed E-state index contributed by atoms with van der Waals surface area (Å²) in [7, 11) is 0. The number of carbonyl (C=O) groups is 2. The van der Waals surface area contributed by atoms with Crippen molar-refractivity contribution >= 4 is 28.9 Å². The highest BCUT2D eigenvalue weighted by Crippen LogP contribution is 2.32. The molecule has 2 unspecified atom stereocenters. The molecule has 0 saturated carbocycles. The predicted molar refractivity (Wildman–Crippen MR) is 132 cm³/mol. The molecule has 34 heavy (non-hydrogen) atoms. The first-order valence-electron chi connectivity index (χ1n) is 11.6. The summed E-state index contributed by atoms with van der Waals surface area (Å²) in [5, 5.41) is 11.9. The van der Waals surface area contributed by atoms with E-state index in [4.69, 9.17) is 9.47 Å². The first kappa shape index (κ1) is 23.5. The van der Waals surface area contributed by atoms with Crippen molar-refractivity contribution in [3.05, 3.63) is 89.5 Å². The number of hydrogen-bond donors (Lipinski definition) is 1. The molecule has 6 heteroatoms. The lowest BCUT2D eigenvalue weighted by Gasteiger charge is -2.37. The van der Waals surface area contributed by atoms with Crippen molar-refractivity contribution in [1.82, 2.24) is 4.90 Å². The lowest BCUT2D eigenvalue weighted by molar-refractivity contribution is -0.137. The van der Waals surface area contributed by atoms with Crippen LogP contribution in [0.1, 0.15) is 36.0 Å². The Morgan fingerprint density at radius 3 is 2.56 bits per heavy atom. The minimum atomic E-state index is -0.919. The van der Waals surface area contributed by atoms with Gasteiger partial charge < -0.3 is 19.5 Å². The van der Waals surface area contributed by atoms with Crippen LogP contribution in [0.25, 0.3) is 16.8 Å². The number of amides is 1. The fourth-order valence-corrected chi connectivity index (χ4v) is 4.38. The predicted octanol–water partition coefficient (Wildman–Crippen LogP) is 5.47. The van der Waals surface area contributed by atoms with E-state index in [1.807, 2.05) is 36.4 Å². The second-order valence-electron chi connectivity index (χ2n) is 8.41. The highest BCUT2D eigenvalue weighted by Gasteiger charge is 2.33. The third kappa shape index (κ3) is 5.83. The molecule has 2 atom stereocenters. The van der Waals surface area contributed by atoms with Crippen LogP contribution in [0.15, 0.2) is 72.8 Å². The number of esters is 1. The smallest absolute Gasteiger partial charge is 0.407 e. The zero-order valence-electron chi connectivity index (χ0n) is 19.2. The van der Waals surface area contributed by atoms with Crippen molar-refractivity contribution in [2.24, 2.45) is 0 Å². The molecule has 1 fully saturated rings. The number of hydrogen-bond acceptors (Lipinski definition) is 4. The molecule has 6 nitrogen and oxygen atoms in total. The summed E-state index contributed by atoms with van der Waals surface area (Å²) < 4.78 is 11.2. The van der Waals surface area contributed by atoms with E-state index in [-0.39, 0.29) is 18.0 Å². The fraction of sp³-hybridized carbons (Fsp3) is 0.286. The number of rotatable bonds is 7. The van der Waals surface area contributed by atoms with E-state index in [0.717, 1.165) is 22.1 Å². The number of piperidine rings is 1. The summed E-state index contributed by atoms with van der Waals surface area (Å²) >= 11 is 0. The van der Waals surface area contributed by atoms with Crippen LogP contribution in [0.4, 0.5) is 4.79 Å². The lowest BCUT2D eigenvalue weighted by Crippen LogP contribution is -2.46. The van der Waals surface area contributed by atoms with E-state index in [1.165, 1.54) is 16.4 Å². The van der Waals surface area contributed by atoms with E-state index in [0.29, 0.717) is 32.7 Å². The highest BCUT2D eigenvalue weighted by atomic mass is 16.5. The highest BCUT2D eigenvalue weighted by molar-refractivity contribution is 5.87. The first-order chi connectivity index (χ1) is 16.5. The van der Waals surface area contributed by atoms with Crippen molar-refractivity contribution in [3.63, 3.8) is 0 Å². The number of ether oxygens (including phenoxy) is 2. The average molecular weight is 460 g/mol. The SMILES string of the molecule is CCOC(=O)/C=C/c1ccc(C2CCN(C(=O)O)CC2OCc2ccc3ccccc3c2)cc1. The fourth-order valence-electron chi connectivity index (χ4n) is 4.38. The standard InChI is InChI=1S/C28H29NO5/c1-2-33-27(30)14-10-20-7-12-23(13-8-20)25-15-16-29(28(31)32)18-26(25)34-19-21-9-11-22-5-3-4-6-24(22)17-21/h3-14,17,25-26H,2,15-16,18-19H2,1H3,(H,31,32)/b14-10+. The van der Waals surface area contributed by atoms with E-state index >= 15 is 0 Å². The maximum absolute atomic E-state index is 11.6. The molecule has 0 aliphatic carbocycles. The number of carboxylic acid groups (broad SMARTS) is 1. The first-order valence-corrected chi connectivity index (χ1v) is 11.6. The summed E-state index contributed by atoms with van der Waals surface area (Å²) in [6.45, 7) is 3.34. The van der Waals surface area contributed by atoms with Gasteiger partial charge in [0.2, 0.25) is 0 Å². The Bertz CT molecular complexity index is 1170. The second kappa shape index (κ2) is 11.0. The molecular weight excluding hydrogens is 430 g/mol. The lowest BCUT2D eigenvalue weighted by atomic mass is 9.86. The summed E-state index contributed by atoms with van der Waals surface area (Å²) in [5.41, 5.74) is 3.06. The molecule has 176 valence electrons. The summed E-state index contributed by atoms with van der Waals surface area (Å²) in [4.78, 5) is 24.6.